The molecule has 110 valence electrons. The van der Waals surface area contributed by atoms with Crippen molar-refractivity contribution in [1.29, 1.82) is 0 Å². The van der Waals surface area contributed by atoms with Crippen molar-refractivity contribution < 1.29 is 13.2 Å². The fourth-order valence-electron chi connectivity index (χ4n) is 1.74. The number of rotatable bonds is 4. The van der Waals surface area contributed by atoms with Crippen LogP contribution in [0.3, 0.4) is 0 Å². The molecule has 0 bridgehead atoms. The van der Waals surface area contributed by atoms with E-state index in [4.69, 9.17) is 0 Å². The van der Waals surface area contributed by atoms with Crippen molar-refractivity contribution in [1.82, 2.24) is 5.32 Å². The maximum absolute atomic E-state index is 11.7. The lowest BCUT2D eigenvalue weighted by Gasteiger charge is -2.08. The molecule has 0 unspecified atom stereocenters. The van der Waals surface area contributed by atoms with Gasteiger partial charge in [-0.15, -0.1) is 0 Å². The molecule has 0 aliphatic heterocycles. The summed E-state index contributed by atoms with van der Waals surface area (Å²) in [5.41, 5.74) is 1.54. The van der Waals surface area contributed by atoms with E-state index in [-0.39, 0.29) is 10.9 Å². The number of carbonyl (C=O) groups excluding carboxylic acids is 1. The minimum Gasteiger partial charge on any atom is -0.334 e. The predicted octanol–water partition coefficient (Wildman–Crippen LogP) is 2.41. The van der Waals surface area contributed by atoms with Crippen LogP contribution >= 0.6 is 0 Å². The Bertz CT molecular complexity index is 710. The van der Waals surface area contributed by atoms with Crippen LogP contribution in [0.4, 0.5) is 10.5 Å². The number of carbonyl (C=O) groups is 1. The van der Waals surface area contributed by atoms with Gasteiger partial charge in [0, 0.05) is 18.5 Å². The SMILES string of the molecule is CS(=O)(=O)c1ccc(NC(=O)NCc2ccccc2)cc1. The van der Waals surface area contributed by atoms with E-state index in [1.807, 2.05) is 30.3 Å². The molecule has 2 aromatic carbocycles. The number of anilines is 1. The molecule has 0 aliphatic carbocycles. The van der Waals surface area contributed by atoms with Gasteiger partial charge in [0.2, 0.25) is 0 Å². The van der Waals surface area contributed by atoms with Crippen LogP contribution in [0, 0.1) is 0 Å². The van der Waals surface area contributed by atoms with Gasteiger partial charge in [-0.2, -0.15) is 0 Å². The van der Waals surface area contributed by atoms with Gasteiger partial charge in [0.05, 0.1) is 4.90 Å². The van der Waals surface area contributed by atoms with Gasteiger partial charge < -0.3 is 10.6 Å². The molecule has 0 radical (unpaired) electrons. The highest BCUT2D eigenvalue weighted by atomic mass is 32.2. The summed E-state index contributed by atoms with van der Waals surface area (Å²) >= 11 is 0. The van der Waals surface area contributed by atoms with Crippen molar-refractivity contribution in [2.45, 2.75) is 11.4 Å². The van der Waals surface area contributed by atoms with Gasteiger partial charge >= 0.3 is 6.03 Å². The van der Waals surface area contributed by atoms with Crippen molar-refractivity contribution in [3.63, 3.8) is 0 Å². The third-order valence-electron chi connectivity index (χ3n) is 2.84. The van der Waals surface area contributed by atoms with E-state index in [1.54, 1.807) is 12.1 Å². The molecule has 2 aromatic rings. The summed E-state index contributed by atoms with van der Waals surface area (Å²) in [6.45, 7) is 0.425. The molecular weight excluding hydrogens is 288 g/mol. The second kappa shape index (κ2) is 6.41. The third-order valence-corrected chi connectivity index (χ3v) is 3.96. The summed E-state index contributed by atoms with van der Waals surface area (Å²) in [5, 5.41) is 5.37. The maximum Gasteiger partial charge on any atom is 0.319 e. The fraction of sp³-hybridized carbons (Fsp3) is 0.133. The van der Waals surface area contributed by atoms with Gasteiger partial charge in [0.1, 0.15) is 0 Å². The highest BCUT2D eigenvalue weighted by molar-refractivity contribution is 7.90. The van der Waals surface area contributed by atoms with E-state index in [1.165, 1.54) is 12.1 Å². The molecular formula is C15H16N2O3S. The molecule has 0 saturated carbocycles. The normalized spacial score (nSPS) is 10.9. The Morgan fingerprint density at radius 1 is 1.00 bits per heavy atom. The van der Waals surface area contributed by atoms with E-state index >= 15 is 0 Å². The van der Waals surface area contributed by atoms with Crippen LogP contribution in [0.1, 0.15) is 5.56 Å². The van der Waals surface area contributed by atoms with Crippen molar-refractivity contribution in [3.05, 3.63) is 60.2 Å². The summed E-state index contributed by atoms with van der Waals surface area (Å²) in [6, 6.07) is 15.2. The van der Waals surface area contributed by atoms with E-state index in [0.29, 0.717) is 12.2 Å². The molecule has 0 saturated heterocycles. The van der Waals surface area contributed by atoms with Crippen LogP contribution in [0.2, 0.25) is 0 Å². The molecule has 0 spiro atoms. The van der Waals surface area contributed by atoms with Crippen LogP contribution in [0.5, 0.6) is 0 Å². The van der Waals surface area contributed by atoms with Crippen LogP contribution < -0.4 is 10.6 Å². The second-order valence-corrected chi connectivity index (χ2v) is 6.61. The second-order valence-electron chi connectivity index (χ2n) is 4.59. The highest BCUT2D eigenvalue weighted by Gasteiger charge is 2.07. The van der Waals surface area contributed by atoms with Gasteiger partial charge in [-0.25, -0.2) is 13.2 Å². The molecule has 5 nitrogen and oxygen atoms in total. The highest BCUT2D eigenvalue weighted by Crippen LogP contribution is 2.13. The molecule has 0 fully saturated rings. The Kier molecular flexibility index (Phi) is 4.59. The minimum absolute atomic E-state index is 0.220. The zero-order valence-corrected chi connectivity index (χ0v) is 12.4. The monoisotopic (exact) mass is 304 g/mol. The van der Waals surface area contributed by atoms with Crippen LogP contribution in [0.25, 0.3) is 0 Å². The van der Waals surface area contributed by atoms with Crippen molar-refractivity contribution in [3.8, 4) is 0 Å². The molecule has 0 heterocycles. The topological polar surface area (TPSA) is 75.3 Å². The smallest absolute Gasteiger partial charge is 0.319 e. The van der Waals surface area contributed by atoms with Gasteiger partial charge in [0.15, 0.2) is 9.84 Å². The number of sulfone groups is 1. The van der Waals surface area contributed by atoms with Gasteiger partial charge in [-0.1, -0.05) is 30.3 Å². The van der Waals surface area contributed by atoms with E-state index < -0.39 is 9.84 Å². The van der Waals surface area contributed by atoms with E-state index in [0.717, 1.165) is 11.8 Å². The molecule has 2 rings (SSSR count). The molecule has 0 aromatic heterocycles. The Labute approximate surface area is 123 Å². The average molecular weight is 304 g/mol. The molecule has 0 atom stereocenters. The minimum atomic E-state index is -3.22. The lowest BCUT2D eigenvalue weighted by molar-refractivity contribution is 0.251. The number of hydrogen-bond donors (Lipinski definition) is 2. The van der Waals surface area contributed by atoms with Gasteiger partial charge in [-0.05, 0) is 29.8 Å². The average Bonchev–Trinajstić information content (AvgIpc) is 2.46. The summed E-state index contributed by atoms with van der Waals surface area (Å²) in [4.78, 5) is 11.9. The van der Waals surface area contributed by atoms with Gasteiger partial charge in [-0.3, -0.25) is 0 Å². The van der Waals surface area contributed by atoms with E-state index in [9.17, 15) is 13.2 Å². The number of nitrogens with one attached hydrogen (secondary N) is 2. The lowest BCUT2D eigenvalue weighted by Crippen LogP contribution is -2.28. The lowest BCUT2D eigenvalue weighted by atomic mass is 10.2. The first-order chi connectivity index (χ1) is 9.95. The number of benzene rings is 2. The van der Waals surface area contributed by atoms with Gasteiger partial charge in [0.25, 0.3) is 0 Å². The quantitative estimate of drug-likeness (QED) is 0.911. The first-order valence-electron chi connectivity index (χ1n) is 6.34. The van der Waals surface area contributed by atoms with Crippen LogP contribution in [-0.4, -0.2) is 20.7 Å². The Morgan fingerprint density at radius 2 is 1.62 bits per heavy atom. The third kappa shape index (κ3) is 4.61. The standard InChI is InChI=1S/C15H16N2O3S/c1-21(19,20)14-9-7-13(8-10-14)17-15(18)16-11-12-5-3-2-4-6-12/h2-10H,11H2,1H3,(H2,16,17,18). The van der Waals surface area contributed by atoms with Crippen molar-refractivity contribution in [2.24, 2.45) is 0 Å². The largest absolute Gasteiger partial charge is 0.334 e. The zero-order valence-electron chi connectivity index (χ0n) is 11.5. The van der Waals surface area contributed by atoms with Crippen LogP contribution in [0.15, 0.2) is 59.5 Å². The zero-order chi connectivity index (χ0) is 15.3. The fourth-order valence-corrected chi connectivity index (χ4v) is 2.37. The Morgan fingerprint density at radius 3 is 2.19 bits per heavy atom. The summed E-state index contributed by atoms with van der Waals surface area (Å²) in [6.07, 6.45) is 1.14. The van der Waals surface area contributed by atoms with Crippen molar-refractivity contribution >= 4 is 21.6 Å². The Hall–Kier alpha value is -2.34. The maximum atomic E-state index is 11.7. The molecule has 2 amide bonds. The first kappa shape index (κ1) is 15.1. The Balaban J connectivity index is 1.91. The summed E-state index contributed by atoms with van der Waals surface area (Å²) < 4.78 is 22.7. The number of amides is 2. The predicted molar refractivity (Wildman–Crippen MR) is 81.9 cm³/mol. The molecule has 21 heavy (non-hydrogen) atoms. The van der Waals surface area contributed by atoms with E-state index in [2.05, 4.69) is 10.6 Å². The molecule has 0 aliphatic rings. The number of hydrogen-bond acceptors (Lipinski definition) is 3. The number of urea groups is 1. The summed E-state index contributed by atoms with van der Waals surface area (Å²) in [5.74, 6) is 0. The first-order valence-corrected chi connectivity index (χ1v) is 8.23. The summed E-state index contributed by atoms with van der Waals surface area (Å²) in [7, 11) is -3.22. The van der Waals surface area contributed by atoms with Crippen molar-refractivity contribution in [2.75, 3.05) is 11.6 Å². The van der Waals surface area contributed by atoms with Crippen LogP contribution in [-0.2, 0) is 16.4 Å². The molecule has 2 N–H and O–H groups in total. The molecule has 6 heteroatoms.